The van der Waals surface area contributed by atoms with Gasteiger partial charge in [-0.25, -0.2) is 0 Å². The van der Waals surface area contributed by atoms with Crippen molar-refractivity contribution in [2.24, 2.45) is 4.40 Å². The number of sulfonamides is 1. The van der Waals surface area contributed by atoms with E-state index in [0.29, 0.717) is 23.5 Å². The van der Waals surface area contributed by atoms with E-state index in [-0.39, 0.29) is 17.4 Å². The van der Waals surface area contributed by atoms with Gasteiger partial charge >= 0.3 is 0 Å². The normalized spacial score (nSPS) is 17.5. The van der Waals surface area contributed by atoms with Crippen LogP contribution in [0.3, 0.4) is 0 Å². The van der Waals surface area contributed by atoms with Crippen LogP contribution in [0.25, 0.3) is 6.08 Å². The summed E-state index contributed by atoms with van der Waals surface area (Å²) in [4.78, 5) is 14.5. The molecule has 1 fully saturated rings. The molecule has 8 heteroatoms. The van der Waals surface area contributed by atoms with Crippen LogP contribution >= 0.6 is 0 Å². The zero-order valence-corrected chi connectivity index (χ0v) is 16.8. The molecule has 0 spiro atoms. The lowest BCUT2D eigenvalue weighted by molar-refractivity contribution is -0.113. The molecule has 0 bridgehead atoms. The molecule has 0 saturated carbocycles. The number of para-hydroxylation sites is 1. The summed E-state index contributed by atoms with van der Waals surface area (Å²) in [6.07, 6.45) is 3.35. The number of nitrogens with one attached hydrogen (secondary N) is 1. The highest BCUT2D eigenvalue weighted by atomic mass is 32.2. The first kappa shape index (κ1) is 19.2. The van der Waals surface area contributed by atoms with E-state index in [4.69, 9.17) is 4.74 Å². The molecule has 0 radical (unpaired) electrons. The monoisotopic (exact) mass is 411 g/mol. The topological polar surface area (TPSA) is 88.1 Å². The van der Waals surface area contributed by atoms with E-state index in [1.54, 1.807) is 18.2 Å². The van der Waals surface area contributed by atoms with Crippen LogP contribution in [0.2, 0.25) is 0 Å². The number of nitrogens with zero attached hydrogens (tertiary/aromatic N) is 2. The summed E-state index contributed by atoms with van der Waals surface area (Å²) >= 11 is 0. The Morgan fingerprint density at radius 1 is 1.14 bits per heavy atom. The Bertz CT molecular complexity index is 1110. The van der Waals surface area contributed by atoms with Crippen LogP contribution < -0.4 is 10.1 Å². The van der Waals surface area contributed by atoms with E-state index in [2.05, 4.69) is 9.71 Å². The second-order valence-corrected chi connectivity index (χ2v) is 8.59. The molecule has 0 aliphatic carbocycles. The highest BCUT2D eigenvalue weighted by Gasteiger charge is 2.21. The Labute approximate surface area is 169 Å². The number of fused-ring (bicyclic) bond motifs is 1. The minimum atomic E-state index is -3.77. The summed E-state index contributed by atoms with van der Waals surface area (Å²) in [6.45, 7) is 0.990. The number of benzene rings is 2. The lowest BCUT2D eigenvalue weighted by Gasteiger charge is -2.17. The average molecular weight is 411 g/mol. The van der Waals surface area contributed by atoms with Gasteiger partial charge in [-0.05, 0) is 42.8 Å². The molecule has 0 unspecified atom stereocenters. The zero-order valence-electron chi connectivity index (χ0n) is 16.0. The predicted octanol–water partition coefficient (Wildman–Crippen LogP) is 2.91. The van der Waals surface area contributed by atoms with Gasteiger partial charge in [0.05, 0.1) is 10.5 Å². The fourth-order valence-corrected chi connectivity index (χ4v) is 4.36. The molecule has 2 aliphatic rings. The third-order valence-corrected chi connectivity index (χ3v) is 6.21. The average Bonchev–Trinajstić information content (AvgIpc) is 3.12. The van der Waals surface area contributed by atoms with E-state index in [1.165, 1.54) is 12.1 Å². The van der Waals surface area contributed by atoms with Gasteiger partial charge in [0.2, 0.25) is 0 Å². The van der Waals surface area contributed by atoms with Crippen LogP contribution in [0.5, 0.6) is 5.75 Å². The SMILES string of the molecule is CN1CCCC1=NS(=O)(=O)c1ccc(NC(=O)C2=Cc3ccccc3OC2)cc1. The maximum absolute atomic E-state index is 12.5. The molecule has 1 saturated heterocycles. The highest BCUT2D eigenvalue weighted by Crippen LogP contribution is 2.26. The van der Waals surface area contributed by atoms with Gasteiger partial charge in [-0.1, -0.05) is 18.2 Å². The van der Waals surface area contributed by atoms with Crippen molar-refractivity contribution < 1.29 is 17.9 Å². The first-order chi connectivity index (χ1) is 13.9. The predicted molar refractivity (Wildman–Crippen MR) is 111 cm³/mol. The first-order valence-corrected chi connectivity index (χ1v) is 10.8. The number of carbonyl (C=O) groups excluding carboxylic acids is 1. The summed E-state index contributed by atoms with van der Waals surface area (Å²) in [7, 11) is -1.94. The van der Waals surface area contributed by atoms with Crippen molar-refractivity contribution in [3.8, 4) is 5.75 Å². The maximum atomic E-state index is 12.5. The number of amides is 1. The molecule has 1 N–H and O–H groups in total. The zero-order chi connectivity index (χ0) is 20.4. The third kappa shape index (κ3) is 4.17. The Kier molecular flexibility index (Phi) is 5.10. The van der Waals surface area contributed by atoms with Crippen LogP contribution in [0.4, 0.5) is 5.69 Å². The lowest BCUT2D eigenvalue weighted by Crippen LogP contribution is -2.21. The molecule has 2 heterocycles. The maximum Gasteiger partial charge on any atom is 0.283 e. The number of amidine groups is 1. The molecule has 2 aliphatic heterocycles. The van der Waals surface area contributed by atoms with Gasteiger partial charge < -0.3 is 15.0 Å². The minimum absolute atomic E-state index is 0.0949. The van der Waals surface area contributed by atoms with E-state index < -0.39 is 10.0 Å². The third-order valence-electron chi connectivity index (χ3n) is 4.89. The number of rotatable bonds is 4. The number of ether oxygens (including phenoxy) is 1. The minimum Gasteiger partial charge on any atom is -0.488 e. The standard InChI is InChI=1S/C21H21N3O4S/c1-24-12-4-7-20(24)23-29(26,27)18-10-8-17(9-11-18)22-21(25)16-13-15-5-2-3-6-19(15)28-14-16/h2-3,5-6,8-11,13H,4,7,12,14H2,1H3,(H,22,25). The van der Waals surface area contributed by atoms with Gasteiger partial charge in [-0.3, -0.25) is 4.79 Å². The van der Waals surface area contributed by atoms with Crippen molar-refractivity contribution in [3.05, 3.63) is 59.7 Å². The summed E-state index contributed by atoms with van der Waals surface area (Å²) in [6, 6.07) is 13.5. The van der Waals surface area contributed by atoms with Gasteiger partial charge in [0.25, 0.3) is 15.9 Å². The van der Waals surface area contributed by atoms with E-state index >= 15 is 0 Å². The fraction of sp³-hybridized carbons (Fsp3) is 0.238. The molecule has 7 nitrogen and oxygen atoms in total. The molecule has 29 heavy (non-hydrogen) atoms. The van der Waals surface area contributed by atoms with Crippen molar-refractivity contribution in [2.45, 2.75) is 17.7 Å². The van der Waals surface area contributed by atoms with Crippen molar-refractivity contribution in [3.63, 3.8) is 0 Å². The first-order valence-electron chi connectivity index (χ1n) is 9.31. The molecule has 0 atom stereocenters. The Morgan fingerprint density at radius 2 is 1.90 bits per heavy atom. The molecule has 1 amide bonds. The highest BCUT2D eigenvalue weighted by molar-refractivity contribution is 7.90. The van der Waals surface area contributed by atoms with Crippen molar-refractivity contribution in [1.29, 1.82) is 0 Å². The van der Waals surface area contributed by atoms with Gasteiger partial charge in [0.1, 0.15) is 18.2 Å². The van der Waals surface area contributed by atoms with Gasteiger partial charge in [-0.2, -0.15) is 8.42 Å². The number of carbonyl (C=O) groups is 1. The molecule has 2 aromatic carbocycles. The van der Waals surface area contributed by atoms with Crippen LogP contribution in [0.15, 0.2) is 63.4 Å². The van der Waals surface area contributed by atoms with E-state index in [9.17, 15) is 13.2 Å². The number of anilines is 1. The number of likely N-dealkylation sites (tertiary alicyclic amines) is 1. The smallest absolute Gasteiger partial charge is 0.283 e. The number of hydrogen-bond acceptors (Lipinski definition) is 4. The van der Waals surface area contributed by atoms with Crippen molar-refractivity contribution in [1.82, 2.24) is 4.90 Å². The summed E-state index contributed by atoms with van der Waals surface area (Å²) in [5, 5.41) is 2.78. The molecule has 4 rings (SSSR count). The van der Waals surface area contributed by atoms with Crippen molar-refractivity contribution >= 4 is 33.5 Å². The van der Waals surface area contributed by atoms with Crippen LogP contribution in [-0.4, -0.2) is 45.3 Å². The fourth-order valence-electron chi connectivity index (χ4n) is 3.27. The van der Waals surface area contributed by atoms with Gasteiger partial charge in [0, 0.05) is 31.3 Å². The molecular formula is C21H21N3O4S. The molecule has 0 aromatic heterocycles. The van der Waals surface area contributed by atoms with E-state index in [1.807, 2.05) is 36.2 Å². The molecule has 150 valence electrons. The quantitative estimate of drug-likeness (QED) is 0.836. The van der Waals surface area contributed by atoms with Gasteiger partial charge in [-0.15, -0.1) is 4.40 Å². The van der Waals surface area contributed by atoms with Crippen LogP contribution in [0.1, 0.15) is 18.4 Å². The molecule has 2 aromatic rings. The lowest BCUT2D eigenvalue weighted by atomic mass is 10.1. The largest absolute Gasteiger partial charge is 0.488 e. The van der Waals surface area contributed by atoms with Crippen LogP contribution in [0, 0.1) is 0 Å². The second kappa shape index (κ2) is 7.71. The Balaban J connectivity index is 1.47. The Hall–Kier alpha value is -3.13. The summed E-state index contributed by atoms with van der Waals surface area (Å²) in [5.41, 5.74) is 1.84. The second-order valence-electron chi connectivity index (χ2n) is 6.98. The van der Waals surface area contributed by atoms with E-state index in [0.717, 1.165) is 24.3 Å². The van der Waals surface area contributed by atoms with Gasteiger partial charge in [0.15, 0.2) is 0 Å². The molecular weight excluding hydrogens is 390 g/mol. The summed E-state index contributed by atoms with van der Waals surface area (Å²) < 4.78 is 34.6. The van der Waals surface area contributed by atoms with Crippen LogP contribution in [-0.2, 0) is 14.8 Å². The number of hydrogen-bond donors (Lipinski definition) is 1. The van der Waals surface area contributed by atoms with Crippen molar-refractivity contribution in [2.75, 3.05) is 25.5 Å². The summed E-state index contributed by atoms with van der Waals surface area (Å²) in [5.74, 6) is 1.03. The Morgan fingerprint density at radius 3 is 2.62 bits per heavy atom.